The summed E-state index contributed by atoms with van der Waals surface area (Å²) in [6, 6.07) is 15.0. The number of hydrogen-bond acceptors (Lipinski definition) is 6. The van der Waals surface area contributed by atoms with Gasteiger partial charge in [-0.3, -0.25) is 14.5 Å². The zero-order valence-electron chi connectivity index (χ0n) is 21.6. The van der Waals surface area contributed by atoms with Crippen LogP contribution >= 0.6 is 0 Å². The average Bonchev–Trinajstić information content (AvgIpc) is 3.14. The van der Waals surface area contributed by atoms with Crippen molar-refractivity contribution in [2.75, 3.05) is 12.0 Å². The summed E-state index contributed by atoms with van der Waals surface area (Å²) in [7, 11) is 1.46. The number of ether oxygens (including phenoxy) is 3. The molecule has 4 rings (SSSR count). The van der Waals surface area contributed by atoms with Crippen molar-refractivity contribution in [1.29, 1.82) is 0 Å². The second kappa shape index (κ2) is 10.7. The lowest BCUT2D eigenvalue weighted by Gasteiger charge is -2.26. The van der Waals surface area contributed by atoms with Gasteiger partial charge in [-0.1, -0.05) is 12.1 Å². The van der Waals surface area contributed by atoms with E-state index in [4.69, 9.17) is 9.47 Å². The molecule has 0 radical (unpaired) electrons. The number of halogens is 3. The van der Waals surface area contributed by atoms with Crippen LogP contribution in [0.15, 0.2) is 72.3 Å². The van der Waals surface area contributed by atoms with Crippen LogP contribution in [0.1, 0.15) is 36.6 Å². The van der Waals surface area contributed by atoms with Crippen LogP contribution in [0.2, 0.25) is 0 Å². The normalized spacial score (nSPS) is 17.0. The van der Waals surface area contributed by atoms with Gasteiger partial charge in [0.1, 0.15) is 23.0 Å². The third-order valence-electron chi connectivity index (χ3n) is 6.01. The third-order valence-corrected chi connectivity index (χ3v) is 6.01. The van der Waals surface area contributed by atoms with E-state index in [0.29, 0.717) is 28.2 Å². The van der Waals surface area contributed by atoms with E-state index in [2.05, 4.69) is 4.74 Å². The number of ketones is 1. The maximum Gasteiger partial charge on any atom is 0.573 e. The molecule has 1 amide bonds. The number of amides is 1. The predicted octanol–water partition coefficient (Wildman–Crippen LogP) is 6.32. The molecule has 0 saturated carbocycles. The molecule has 1 atom stereocenters. The first kappa shape index (κ1) is 27.6. The minimum atomic E-state index is -4.89. The Labute approximate surface area is 223 Å². The topological polar surface area (TPSA) is 85.3 Å². The van der Waals surface area contributed by atoms with Crippen LogP contribution in [0, 0.1) is 6.92 Å². The molecule has 1 saturated heterocycles. The fourth-order valence-electron chi connectivity index (χ4n) is 4.37. The zero-order valence-corrected chi connectivity index (χ0v) is 21.6. The van der Waals surface area contributed by atoms with E-state index in [-0.39, 0.29) is 17.4 Å². The molecule has 7 nitrogen and oxygen atoms in total. The zero-order chi connectivity index (χ0) is 28.5. The number of hydrogen-bond donors (Lipinski definition) is 1. The summed E-state index contributed by atoms with van der Waals surface area (Å²) < 4.78 is 52.9. The Balaban J connectivity index is 1.85. The van der Waals surface area contributed by atoms with Crippen molar-refractivity contribution in [2.45, 2.75) is 39.3 Å². The van der Waals surface area contributed by atoms with E-state index in [1.54, 1.807) is 49.4 Å². The fourth-order valence-corrected chi connectivity index (χ4v) is 4.37. The number of methoxy groups -OCH3 is 1. The first-order valence-corrected chi connectivity index (χ1v) is 12.0. The summed E-state index contributed by atoms with van der Waals surface area (Å²) in [6.45, 7) is 5.55. The number of aliphatic hydroxyl groups excluding tert-OH is 1. The molecule has 10 heteroatoms. The van der Waals surface area contributed by atoms with Gasteiger partial charge in [0, 0.05) is 11.3 Å². The van der Waals surface area contributed by atoms with Gasteiger partial charge in [0.05, 0.1) is 24.8 Å². The predicted molar refractivity (Wildman–Crippen MR) is 138 cm³/mol. The number of aryl methyl sites for hydroxylation is 1. The van der Waals surface area contributed by atoms with Crippen molar-refractivity contribution < 1.29 is 42.1 Å². The van der Waals surface area contributed by atoms with E-state index in [1.165, 1.54) is 19.2 Å². The lowest BCUT2D eigenvalue weighted by molar-refractivity contribution is -0.274. The maximum absolute atomic E-state index is 13.4. The van der Waals surface area contributed by atoms with Crippen molar-refractivity contribution in [2.24, 2.45) is 0 Å². The Morgan fingerprint density at radius 3 is 2.26 bits per heavy atom. The van der Waals surface area contributed by atoms with E-state index in [0.717, 1.165) is 17.0 Å². The fraction of sp³-hybridized carbons (Fsp3) is 0.241. The van der Waals surface area contributed by atoms with E-state index in [1.807, 2.05) is 13.8 Å². The van der Waals surface area contributed by atoms with Gasteiger partial charge in [-0.25, -0.2) is 0 Å². The number of Topliss-reactive ketones (excluding diaryl/α,β-unsaturated/α-hetero) is 1. The van der Waals surface area contributed by atoms with E-state index >= 15 is 0 Å². The number of anilines is 1. The number of rotatable bonds is 7. The van der Waals surface area contributed by atoms with E-state index < -0.39 is 35.6 Å². The lowest BCUT2D eigenvalue weighted by atomic mass is 9.94. The highest BCUT2D eigenvalue weighted by Gasteiger charge is 2.47. The molecule has 39 heavy (non-hydrogen) atoms. The van der Waals surface area contributed by atoms with Crippen molar-refractivity contribution in [3.8, 4) is 17.2 Å². The standard InChI is InChI=1S/C29H26F3NO6/c1-16(2)38-23-13-8-19(14-17(23)3)26(34)24-25(18-6-5-7-22(15-18)37-4)33(28(36)27(24)35)20-9-11-21(12-10-20)39-29(30,31)32/h5-16,25,34H,1-4H3/b26-24+. The molecule has 3 aromatic carbocycles. The minimum Gasteiger partial charge on any atom is -0.507 e. The molecular formula is C29H26F3NO6. The maximum atomic E-state index is 13.4. The Bertz CT molecular complexity index is 1430. The SMILES string of the molecule is COc1cccc(C2/C(=C(\O)c3ccc(OC(C)C)c(C)c3)C(=O)C(=O)N2c2ccc(OC(F)(F)F)cc2)c1. The second-order valence-electron chi connectivity index (χ2n) is 9.13. The van der Waals surface area contributed by atoms with Crippen molar-refractivity contribution in [3.05, 3.63) is 89.0 Å². The molecule has 204 valence electrons. The summed E-state index contributed by atoms with van der Waals surface area (Å²) >= 11 is 0. The van der Waals surface area contributed by atoms with Crippen molar-refractivity contribution >= 4 is 23.1 Å². The highest BCUT2D eigenvalue weighted by Crippen LogP contribution is 2.43. The van der Waals surface area contributed by atoms with Crippen LogP contribution < -0.4 is 19.1 Å². The Morgan fingerprint density at radius 2 is 1.67 bits per heavy atom. The first-order valence-electron chi connectivity index (χ1n) is 12.0. The molecule has 0 bridgehead atoms. The van der Waals surface area contributed by atoms with Gasteiger partial charge in [0.15, 0.2) is 0 Å². The van der Waals surface area contributed by atoms with Crippen LogP contribution in [0.5, 0.6) is 17.2 Å². The highest BCUT2D eigenvalue weighted by molar-refractivity contribution is 6.51. The Morgan fingerprint density at radius 1 is 0.974 bits per heavy atom. The Hall–Kier alpha value is -4.47. The molecule has 0 aromatic heterocycles. The monoisotopic (exact) mass is 541 g/mol. The highest BCUT2D eigenvalue weighted by atomic mass is 19.4. The van der Waals surface area contributed by atoms with Crippen molar-refractivity contribution in [3.63, 3.8) is 0 Å². The smallest absolute Gasteiger partial charge is 0.507 e. The van der Waals surface area contributed by atoms with Crippen LogP contribution in [0.3, 0.4) is 0 Å². The molecule has 0 spiro atoms. The average molecular weight is 542 g/mol. The number of aliphatic hydroxyl groups is 1. The molecule has 1 aliphatic heterocycles. The van der Waals surface area contributed by atoms with Gasteiger partial charge in [-0.05, 0) is 86.5 Å². The van der Waals surface area contributed by atoms with Gasteiger partial charge < -0.3 is 19.3 Å². The molecular weight excluding hydrogens is 515 g/mol. The number of carbonyl (C=O) groups excluding carboxylic acids is 2. The summed E-state index contributed by atoms with van der Waals surface area (Å²) in [4.78, 5) is 27.8. The Kier molecular flexibility index (Phi) is 7.58. The van der Waals surface area contributed by atoms with Gasteiger partial charge in [-0.15, -0.1) is 13.2 Å². The molecule has 1 fully saturated rings. The number of alkyl halides is 3. The van der Waals surface area contributed by atoms with Crippen LogP contribution in [0.4, 0.5) is 18.9 Å². The van der Waals surface area contributed by atoms with E-state index in [9.17, 15) is 27.9 Å². The molecule has 1 heterocycles. The summed E-state index contributed by atoms with van der Waals surface area (Å²) in [5.41, 5.74) is 1.40. The van der Waals surface area contributed by atoms with Crippen LogP contribution in [-0.4, -0.2) is 36.4 Å². The second-order valence-corrected chi connectivity index (χ2v) is 9.13. The third kappa shape index (κ3) is 5.84. The number of benzene rings is 3. The first-order chi connectivity index (χ1) is 18.4. The molecule has 0 aliphatic carbocycles. The van der Waals surface area contributed by atoms with Crippen LogP contribution in [-0.2, 0) is 9.59 Å². The molecule has 1 unspecified atom stereocenters. The molecule has 1 N–H and O–H groups in total. The van der Waals surface area contributed by atoms with Crippen LogP contribution in [0.25, 0.3) is 5.76 Å². The minimum absolute atomic E-state index is 0.0746. The largest absolute Gasteiger partial charge is 0.573 e. The quantitative estimate of drug-likeness (QED) is 0.214. The van der Waals surface area contributed by atoms with Gasteiger partial charge >= 0.3 is 6.36 Å². The molecule has 3 aromatic rings. The van der Waals surface area contributed by atoms with Gasteiger partial charge in [0.25, 0.3) is 11.7 Å². The summed E-state index contributed by atoms with van der Waals surface area (Å²) in [5.74, 6) is -1.74. The van der Waals surface area contributed by atoms with Gasteiger partial charge in [0.2, 0.25) is 0 Å². The lowest BCUT2D eigenvalue weighted by Crippen LogP contribution is -2.29. The van der Waals surface area contributed by atoms with Crippen molar-refractivity contribution in [1.82, 2.24) is 0 Å². The number of carbonyl (C=O) groups is 2. The summed E-state index contributed by atoms with van der Waals surface area (Å²) in [6.07, 6.45) is -4.96. The number of nitrogens with zero attached hydrogens (tertiary/aromatic N) is 1. The molecule has 1 aliphatic rings. The van der Waals surface area contributed by atoms with Gasteiger partial charge in [-0.2, -0.15) is 0 Å². The summed E-state index contributed by atoms with van der Waals surface area (Å²) in [5, 5.41) is 11.4.